The van der Waals surface area contributed by atoms with Crippen LogP contribution in [0, 0.1) is 24.7 Å². The van der Waals surface area contributed by atoms with Crippen molar-refractivity contribution in [3.8, 4) is 0 Å². The fourth-order valence-electron chi connectivity index (χ4n) is 7.07. The summed E-state index contributed by atoms with van der Waals surface area (Å²) in [5.41, 5.74) is 11.0. The van der Waals surface area contributed by atoms with Gasteiger partial charge in [0.1, 0.15) is 5.76 Å². The van der Waals surface area contributed by atoms with Crippen molar-refractivity contribution >= 4 is 23.3 Å². The molecule has 0 saturated carbocycles. The highest BCUT2D eigenvalue weighted by molar-refractivity contribution is 5.92. The SMILES string of the molecule is CCc1cc(C)cc(CC)c1NC(C)C(=O)CN1C[C@H](C2C=C3OCOC3=C(OC)C2)[C@@H](C(=O)O)[C@@H]1c1ccc(C(N)=O)cc1. The van der Waals surface area contributed by atoms with E-state index < -0.39 is 29.9 Å². The molecule has 2 heterocycles. The van der Waals surface area contributed by atoms with Crippen LogP contribution in [0.2, 0.25) is 0 Å². The van der Waals surface area contributed by atoms with Gasteiger partial charge >= 0.3 is 5.97 Å². The summed E-state index contributed by atoms with van der Waals surface area (Å²) in [6.45, 7) is 8.64. The molecule has 2 aromatic rings. The molecule has 240 valence electrons. The number of amides is 1. The molecule has 2 aromatic carbocycles. The highest BCUT2D eigenvalue weighted by Gasteiger charge is 2.51. The van der Waals surface area contributed by atoms with Crippen molar-refractivity contribution in [1.82, 2.24) is 4.90 Å². The molecule has 1 aliphatic carbocycles. The van der Waals surface area contributed by atoms with E-state index in [1.54, 1.807) is 31.4 Å². The lowest BCUT2D eigenvalue weighted by molar-refractivity contribution is -0.144. The van der Waals surface area contributed by atoms with Crippen LogP contribution in [-0.2, 0) is 36.6 Å². The Morgan fingerprint density at radius 3 is 2.36 bits per heavy atom. The number of nitrogens with zero attached hydrogens (tertiary/aromatic N) is 1. The maximum Gasteiger partial charge on any atom is 0.308 e. The van der Waals surface area contributed by atoms with Gasteiger partial charge in [0, 0.05) is 30.3 Å². The van der Waals surface area contributed by atoms with Gasteiger partial charge < -0.3 is 30.4 Å². The Bertz CT molecular complexity index is 1510. The highest BCUT2D eigenvalue weighted by atomic mass is 16.7. The number of benzene rings is 2. The number of allylic oxidation sites excluding steroid dienone is 2. The summed E-state index contributed by atoms with van der Waals surface area (Å²) >= 11 is 0. The number of carboxylic acids is 1. The minimum atomic E-state index is -0.958. The lowest BCUT2D eigenvalue weighted by Crippen LogP contribution is -2.39. The zero-order valence-corrected chi connectivity index (χ0v) is 26.6. The highest BCUT2D eigenvalue weighted by Crippen LogP contribution is 2.48. The van der Waals surface area contributed by atoms with Crippen LogP contribution >= 0.6 is 0 Å². The smallest absolute Gasteiger partial charge is 0.308 e. The average Bonchev–Trinajstić information content (AvgIpc) is 3.66. The number of hydrogen-bond donors (Lipinski definition) is 3. The lowest BCUT2D eigenvalue weighted by Gasteiger charge is -2.29. The van der Waals surface area contributed by atoms with Crippen molar-refractivity contribution < 1.29 is 33.7 Å². The monoisotopic (exact) mass is 617 g/mol. The molecule has 2 saturated heterocycles. The van der Waals surface area contributed by atoms with Gasteiger partial charge in [0.05, 0.1) is 25.6 Å². The third-order valence-corrected chi connectivity index (χ3v) is 9.35. The van der Waals surface area contributed by atoms with E-state index in [2.05, 4.69) is 38.2 Å². The number of Topliss-reactive ketones (excluding diaryl/α,β-unsaturated/α-hetero) is 1. The first-order valence-electron chi connectivity index (χ1n) is 15.6. The summed E-state index contributed by atoms with van der Waals surface area (Å²) in [7, 11) is 1.57. The van der Waals surface area contributed by atoms with Crippen LogP contribution in [0.1, 0.15) is 65.8 Å². The first-order valence-corrected chi connectivity index (χ1v) is 15.6. The standard InChI is InChI=1S/C35H43N3O7/c1-6-21-12-19(3)13-22(7-2)31(21)37-20(4)27(39)17-38-16-26(25-14-28(43-5)33-29(15-25)44-18-45-33)30(35(41)42)32(38)23-8-10-24(11-9-23)34(36)40/h8-13,15,20,25-26,30,32,37H,6-7,14,16-18H2,1-5H3,(H2,36,40)(H,41,42)/t20?,25?,26-,30-,32+/m1/s1. The van der Waals surface area contributed by atoms with Crippen LogP contribution < -0.4 is 11.1 Å². The second-order valence-corrected chi connectivity index (χ2v) is 12.1. The van der Waals surface area contributed by atoms with Crippen molar-refractivity contribution in [3.63, 3.8) is 0 Å². The molecule has 45 heavy (non-hydrogen) atoms. The molecule has 5 atom stereocenters. The van der Waals surface area contributed by atoms with Crippen LogP contribution in [0.4, 0.5) is 5.69 Å². The lowest BCUT2D eigenvalue weighted by atomic mass is 9.76. The van der Waals surface area contributed by atoms with Crippen LogP contribution in [-0.4, -0.2) is 60.7 Å². The maximum absolute atomic E-state index is 13.9. The molecule has 0 spiro atoms. The van der Waals surface area contributed by atoms with Crippen molar-refractivity contribution in [3.05, 3.63) is 87.6 Å². The molecule has 5 rings (SSSR count). The summed E-state index contributed by atoms with van der Waals surface area (Å²) in [6, 6.07) is 9.87. The van der Waals surface area contributed by atoms with Gasteiger partial charge in [0.2, 0.25) is 18.5 Å². The number of ketones is 1. The molecule has 10 nitrogen and oxygen atoms in total. The zero-order chi connectivity index (χ0) is 32.4. The van der Waals surface area contributed by atoms with Crippen LogP contribution in [0.25, 0.3) is 0 Å². The van der Waals surface area contributed by atoms with Crippen LogP contribution in [0.15, 0.2) is 59.8 Å². The van der Waals surface area contributed by atoms with Crippen LogP contribution in [0.5, 0.6) is 0 Å². The number of nitrogens with one attached hydrogen (secondary N) is 1. The Labute approximate surface area is 264 Å². The molecule has 0 radical (unpaired) electrons. The number of nitrogens with two attached hydrogens (primary N) is 1. The number of aliphatic carboxylic acids is 1. The number of fused-ring (bicyclic) bond motifs is 1. The molecular formula is C35H43N3O7. The molecule has 4 N–H and O–H groups in total. The molecule has 3 aliphatic rings. The van der Waals surface area contributed by atoms with Gasteiger partial charge in [-0.2, -0.15) is 0 Å². The van der Waals surface area contributed by atoms with E-state index in [9.17, 15) is 19.5 Å². The van der Waals surface area contributed by atoms with Gasteiger partial charge in [0.25, 0.3) is 0 Å². The number of aryl methyl sites for hydroxylation is 3. The predicted octanol–water partition coefficient (Wildman–Crippen LogP) is 4.73. The number of anilines is 1. The maximum atomic E-state index is 13.9. The van der Waals surface area contributed by atoms with Gasteiger partial charge in [-0.1, -0.05) is 43.7 Å². The minimum absolute atomic E-state index is 0.0440. The second-order valence-electron chi connectivity index (χ2n) is 12.1. The van der Waals surface area contributed by atoms with Gasteiger partial charge in [0.15, 0.2) is 11.5 Å². The molecule has 1 amide bonds. The van der Waals surface area contributed by atoms with E-state index in [0.29, 0.717) is 41.4 Å². The summed E-state index contributed by atoms with van der Waals surface area (Å²) in [5, 5.41) is 14.2. The molecule has 2 unspecified atom stereocenters. The Morgan fingerprint density at radius 1 is 1.11 bits per heavy atom. The van der Waals surface area contributed by atoms with E-state index >= 15 is 0 Å². The number of carbonyl (C=O) groups excluding carboxylic acids is 2. The van der Waals surface area contributed by atoms with Crippen LogP contribution in [0.3, 0.4) is 0 Å². The Hall–Kier alpha value is -4.31. The van der Waals surface area contributed by atoms with Crippen molar-refractivity contribution in [2.24, 2.45) is 23.5 Å². The first kappa shape index (κ1) is 32.1. The third-order valence-electron chi connectivity index (χ3n) is 9.35. The van der Waals surface area contributed by atoms with Gasteiger partial charge in [-0.15, -0.1) is 0 Å². The van der Waals surface area contributed by atoms with E-state index in [4.69, 9.17) is 19.9 Å². The fraction of sp³-hybridized carbons (Fsp3) is 0.457. The number of ether oxygens (including phenoxy) is 3. The number of rotatable bonds is 12. The number of primary amides is 1. The summed E-state index contributed by atoms with van der Waals surface area (Å²) in [4.78, 5) is 40.7. The van der Waals surface area contributed by atoms with Gasteiger partial charge in [-0.3, -0.25) is 19.3 Å². The fourth-order valence-corrected chi connectivity index (χ4v) is 7.07. The number of likely N-dealkylation sites (tertiary alicyclic amines) is 1. The zero-order valence-electron chi connectivity index (χ0n) is 26.6. The quantitative estimate of drug-likeness (QED) is 0.308. The average molecular weight is 618 g/mol. The molecular weight excluding hydrogens is 574 g/mol. The molecule has 0 aromatic heterocycles. The molecule has 2 aliphatic heterocycles. The van der Waals surface area contributed by atoms with E-state index in [1.807, 2.05) is 17.9 Å². The summed E-state index contributed by atoms with van der Waals surface area (Å²) in [5.74, 6) is -1.28. The molecule has 2 fully saturated rings. The van der Waals surface area contributed by atoms with Gasteiger partial charge in [-0.25, -0.2) is 0 Å². The normalized spacial score (nSPS) is 23.4. The Balaban J connectivity index is 1.46. The number of carbonyl (C=O) groups is 3. The van der Waals surface area contributed by atoms with Crippen molar-refractivity contribution in [2.75, 3.05) is 32.3 Å². The second kappa shape index (κ2) is 13.4. The summed E-state index contributed by atoms with van der Waals surface area (Å²) < 4.78 is 16.9. The number of carboxylic acid groups (broad SMARTS) is 1. The number of hydrogen-bond acceptors (Lipinski definition) is 8. The van der Waals surface area contributed by atoms with Crippen molar-refractivity contribution in [2.45, 2.75) is 59.0 Å². The number of methoxy groups -OCH3 is 1. The first-order chi connectivity index (χ1) is 21.6. The topological polar surface area (TPSA) is 140 Å². The largest absolute Gasteiger partial charge is 0.497 e. The van der Waals surface area contributed by atoms with E-state index in [1.165, 1.54) is 5.56 Å². The third kappa shape index (κ3) is 6.42. The van der Waals surface area contributed by atoms with Gasteiger partial charge in [-0.05, 0) is 73.4 Å². The Kier molecular flexibility index (Phi) is 9.53. The predicted molar refractivity (Wildman–Crippen MR) is 169 cm³/mol. The van der Waals surface area contributed by atoms with E-state index in [0.717, 1.165) is 29.7 Å². The summed E-state index contributed by atoms with van der Waals surface area (Å²) in [6.07, 6.45) is 4.05. The minimum Gasteiger partial charge on any atom is -0.497 e. The Morgan fingerprint density at radius 2 is 1.78 bits per heavy atom. The van der Waals surface area contributed by atoms with E-state index in [-0.39, 0.29) is 31.0 Å². The molecule has 0 bridgehead atoms. The van der Waals surface area contributed by atoms with Crippen molar-refractivity contribution in [1.29, 1.82) is 0 Å². The molecule has 10 heteroatoms.